The largest absolute Gasteiger partial charge is 0.369 e. The molecule has 2 aromatic carbocycles. The summed E-state index contributed by atoms with van der Waals surface area (Å²) in [5.74, 6) is 1.65. The molecule has 0 aromatic heterocycles. The summed E-state index contributed by atoms with van der Waals surface area (Å²) in [7, 11) is 0. The fourth-order valence-corrected chi connectivity index (χ4v) is 5.15. The van der Waals surface area contributed by atoms with Crippen LogP contribution >= 0.6 is 11.8 Å². The molecular weight excluding hydrogens is 324 g/mol. The normalized spacial score (nSPS) is 28.2. The first-order chi connectivity index (χ1) is 12.1. The van der Waals surface area contributed by atoms with Crippen LogP contribution in [-0.2, 0) is 0 Å². The second kappa shape index (κ2) is 6.89. The minimum Gasteiger partial charge on any atom is -0.369 e. The third-order valence-electron chi connectivity index (χ3n) is 5.39. The zero-order chi connectivity index (χ0) is 17.3. The van der Waals surface area contributed by atoms with Crippen LogP contribution in [0.25, 0.3) is 0 Å². The molecule has 3 atom stereocenters. The van der Waals surface area contributed by atoms with Crippen molar-refractivity contribution < 1.29 is 0 Å². The minimum absolute atomic E-state index is 0.138. The molecule has 4 rings (SSSR count). The van der Waals surface area contributed by atoms with Gasteiger partial charge in [-0.3, -0.25) is 0 Å². The standard InChI is InChI=1S/C22H26N2S/c1-17-8-12-21(13-9-17)25-16-22-15-24(20-6-4-3-5-7-20)14-19(22)11-10-18(2)23-22/h3-13,18-19,23H,14-16H2,1-2H3/t18-,19-,22+/m1/s1. The van der Waals surface area contributed by atoms with Crippen molar-refractivity contribution in [1.29, 1.82) is 0 Å². The third kappa shape index (κ3) is 3.49. The van der Waals surface area contributed by atoms with Gasteiger partial charge in [0.1, 0.15) is 0 Å². The molecule has 25 heavy (non-hydrogen) atoms. The van der Waals surface area contributed by atoms with Crippen LogP contribution in [0.3, 0.4) is 0 Å². The van der Waals surface area contributed by atoms with Gasteiger partial charge in [-0.05, 0) is 38.1 Å². The average Bonchev–Trinajstić information content (AvgIpc) is 3.01. The summed E-state index contributed by atoms with van der Waals surface area (Å²) in [6.45, 7) is 6.56. The Morgan fingerprint density at radius 1 is 1.08 bits per heavy atom. The van der Waals surface area contributed by atoms with Crippen molar-refractivity contribution in [1.82, 2.24) is 5.32 Å². The molecule has 0 spiro atoms. The van der Waals surface area contributed by atoms with E-state index < -0.39 is 0 Å². The number of nitrogens with one attached hydrogen (secondary N) is 1. The molecule has 0 bridgehead atoms. The Kier molecular flexibility index (Phi) is 4.61. The van der Waals surface area contributed by atoms with E-state index in [9.17, 15) is 0 Å². The maximum atomic E-state index is 3.92. The van der Waals surface area contributed by atoms with Crippen LogP contribution in [0.5, 0.6) is 0 Å². The van der Waals surface area contributed by atoms with Crippen LogP contribution in [0.4, 0.5) is 5.69 Å². The van der Waals surface area contributed by atoms with E-state index >= 15 is 0 Å². The van der Waals surface area contributed by atoms with Gasteiger partial charge >= 0.3 is 0 Å². The second-order valence-electron chi connectivity index (χ2n) is 7.40. The Labute approximate surface area is 155 Å². The Morgan fingerprint density at radius 2 is 1.84 bits per heavy atom. The number of nitrogens with zero attached hydrogens (tertiary/aromatic N) is 1. The molecule has 0 amide bonds. The lowest BCUT2D eigenvalue weighted by Gasteiger charge is -2.39. The van der Waals surface area contributed by atoms with Crippen molar-refractivity contribution in [3.8, 4) is 0 Å². The number of rotatable bonds is 4. The molecule has 1 N–H and O–H groups in total. The van der Waals surface area contributed by atoms with E-state index in [1.807, 2.05) is 11.8 Å². The highest BCUT2D eigenvalue weighted by atomic mass is 32.2. The third-order valence-corrected chi connectivity index (χ3v) is 6.65. The lowest BCUT2D eigenvalue weighted by molar-refractivity contribution is 0.309. The highest BCUT2D eigenvalue weighted by Gasteiger charge is 2.47. The van der Waals surface area contributed by atoms with Gasteiger partial charge < -0.3 is 10.2 Å². The summed E-state index contributed by atoms with van der Waals surface area (Å²) in [5, 5.41) is 3.92. The van der Waals surface area contributed by atoms with E-state index in [-0.39, 0.29) is 5.54 Å². The first kappa shape index (κ1) is 16.7. The highest BCUT2D eigenvalue weighted by molar-refractivity contribution is 7.99. The number of para-hydroxylation sites is 1. The quantitative estimate of drug-likeness (QED) is 0.645. The van der Waals surface area contributed by atoms with Crippen molar-refractivity contribution in [2.75, 3.05) is 23.7 Å². The Bertz CT molecular complexity index is 740. The van der Waals surface area contributed by atoms with E-state index in [0.717, 1.165) is 18.8 Å². The first-order valence-electron chi connectivity index (χ1n) is 9.10. The zero-order valence-corrected chi connectivity index (χ0v) is 15.8. The van der Waals surface area contributed by atoms with Crippen LogP contribution < -0.4 is 10.2 Å². The van der Waals surface area contributed by atoms with Gasteiger partial charge in [0.05, 0.1) is 5.54 Å². The summed E-state index contributed by atoms with van der Waals surface area (Å²) < 4.78 is 0. The number of anilines is 1. The fraction of sp³-hybridized carbons (Fsp3) is 0.364. The van der Waals surface area contributed by atoms with Gasteiger partial charge in [0.25, 0.3) is 0 Å². The van der Waals surface area contributed by atoms with Gasteiger partial charge in [-0.25, -0.2) is 0 Å². The van der Waals surface area contributed by atoms with E-state index in [4.69, 9.17) is 0 Å². The molecule has 0 unspecified atom stereocenters. The molecule has 130 valence electrons. The molecule has 2 nitrogen and oxygen atoms in total. The fourth-order valence-electron chi connectivity index (χ4n) is 4.01. The maximum Gasteiger partial charge on any atom is 0.0537 e. The predicted molar refractivity (Wildman–Crippen MR) is 109 cm³/mol. The summed E-state index contributed by atoms with van der Waals surface area (Å²) >= 11 is 1.98. The molecule has 2 aliphatic heterocycles. The van der Waals surface area contributed by atoms with Gasteiger partial charge in [0.15, 0.2) is 0 Å². The molecule has 0 saturated carbocycles. The Balaban J connectivity index is 1.55. The van der Waals surface area contributed by atoms with Crippen molar-refractivity contribution in [3.05, 3.63) is 72.3 Å². The monoisotopic (exact) mass is 350 g/mol. The summed E-state index contributed by atoms with van der Waals surface area (Å²) in [6.07, 6.45) is 4.77. The van der Waals surface area contributed by atoms with Gasteiger partial charge in [-0.15, -0.1) is 11.8 Å². The van der Waals surface area contributed by atoms with Crippen LogP contribution in [0.2, 0.25) is 0 Å². The summed E-state index contributed by atoms with van der Waals surface area (Å²) in [6, 6.07) is 20.2. The Morgan fingerprint density at radius 3 is 2.60 bits per heavy atom. The van der Waals surface area contributed by atoms with Gasteiger partial charge in [0, 0.05) is 41.4 Å². The predicted octanol–water partition coefficient (Wildman–Crippen LogP) is 4.51. The summed E-state index contributed by atoms with van der Waals surface area (Å²) in [4.78, 5) is 3.90. The number of hydrogen-bond acceptors (Lipinski definition) is 3. The van der Waals surface area contributed by atoms with Gasteiger partial charge in [-0.1, -0.05) is 48.0 Å². The van der Waals surface area contributed by atoms with Gasteiger partial charge in [0.2, 0.25) is 0 Å². The van der Waals surface area contributed by atoms with E-state index in [0.29, 0.717) is 12.0 Å². The number of hydrogen-bond donors (Lipinski definition) is 1. The molecule has 1 saturated heterocycles. The van der Waals surface area contributed by atoms with Crippen molar-refractivity contribution in [2.45, 2.75) is 30.3 Å². The average molecular weight is 351 g/mol. The van der Waals surface area contributed by atoms with E-state index in [1.54, 1.807) is 0 Å². The highest BCUT2D eigenvalue weighted by Crippen LogP contribution is 2.38. The number of benzene rings is 2. The first-order valence-corrected chi connectivity index (χ1v) is 10.1. The molecule has 1 fully saturated rings. The lowest BCUT2D eigenvalue weighted by atomic mass is 9.84. The number of thioether (sulfide) groups is 1. The van der Waals surface area contributed by atoms with E-state index in [1.165, 1.54) is 16.1 Å². The number of fused-ring (bicyclic) bond motifs is 1. The van der Waals surface area contributed by atoms with Crippen molar-refractivity contribution in [3.63, 3.8) is 0 Å². The topological polar surface area (TPSA) is 15.3 Å². The van der Waals surface area contributed by atoms with Crippen LogP contribution in [0.15, 0.2) is 71.6 Å². The van der Waals surface area contributed by atoms with E-state index in [2.05, 4.69) is 90.8 Å². The molecular formula is C22H26N2S. The van der Waals surface area contributed by atoms with Crippen LogP contribution in [0.1, 0.15) is 12.5 Å². The van der Waals surface area contributed by atoms with Crippen LogP contribution in [0, 0.1) is 12.8 Å². The molecule has 0 aliphatic carbocycles. The molecule has 2 aliphatic rings. The molecule has 0 radical (unpaired) electrons. The number of aryl methyl sites for hydroxylation is 1. The SMILES string of the molecule is Cc1ccc(SC[C@@]23CN(c4ccccc4)C[C@H]2C=C[C@@H](C)N3)cc1. The van der Waals surface area contributed by atoms with Crippen molar-refractivity contribution in [2.24, 2.45) is 5.92 Å². The lowest BCUT2D eigenvalue weighted by Crippen LogP contribution is -2.58. The molecule has 3 heteroatoms. The Hall–Kier alpha value is -1.71. The van der Waals surface area contributed by atoms with Crippen LogP contribution in [-0.4, -0.2) is 30.4 Å². The molecule has 2 heterocycles. The molecule has 2 aromatic rings. The minimum atomic E-state index is 0.138. The zero-order valence-electron chi connectivity index (χ0n) is 15.0. The maximum absolute atomic E-state index is 3.92. The van der Waals surface area contributed by atoms with Crippen molar-refractivity contribution >= 4 is 17.4 Å². The smallest absolute Gasteiger partial charge is 0.0537 e. The summed E-state index contributed by atoms with van der Waals surface area (Å²) in [5.41, 5.74) is 2.79. The second-order valence-corrected chi connectivity index (χ2v) is 8.45. The van der Waals surface area contributed by atoms with Gasteiger partial charge in [-0.2, -0.15) is 0 Å².